The number of halogens is 1. The third-order valence-corrected chi connectivity index (χ3v) is 4.03. The van der Waals surface area contributed by atoms with Crippen LogP contribution in [0.15, 0.2) is 23.1 Å². The normalized spacial score (nSPS) is 17.7. The monoisotopic (exact) mass is 284 g/mol. The van der Waals surface area contributed by atoms with Gasteiger partial charge in [0.1, 0.15) is 5.82 Å². The van der Waals surface area contributed by atoms with Crippen molar-refractivity contribution in [1.29, 1.82) is 0 Å². The number of hydrogen-bond acceptors (Lipinski definition) is 3. The Morgan fingerprint density at radius 1 is 1.58 bits per heavy atom. The van der Waals surface area contributed by atoms with Crippen LogP contribution in [-0.4, -0.2) is 32.0 Å². The minimum absolute atomic E-state index is 0.130. The van der Waals surface area contributed by atoms with E-state index in [1.807, 2.05) is 0 Å². The lowest BCUT2D eigenvalue weighted by Gasteiger charge is -2.26. The number of nitrogens with one attached hydrogen (secondary N) is 2. The summed E-state index contributed by atoms with van der Waals surface area (Å²) in [5, 5.41) is 5.58. The molecule has 1 heterocycles. The van der Waals surface area contributed by atoms with Crippen molar-refractivity contribution < 1.29 is 13.9 Å². The van der Waals surface area contributed by atoms with E-state index in [1.165, 1.54) is 12.1 Å². The van der Waals surface area contributed by atoms with E-state index >= 15 is 0 Å². The number of carbonyl (C=O) groups is 1. The lowest BCUT2D eigenvalue weighted by Crippen LogP contribution is -2.40. The molecule has 19 heavy (non-hydrogen) atoms. The molecule has 0 saturated heterocycles. The molecule has 0 bridgehead atoms. The van der Waals surface area contributed by atoms with Crippen LogP contribution in [0.4, 0.5) is 9.18 Å². The predicted molar refractivity (Wildman–Crippen MR) is 72.9 cm³/mol. The summed E-state index contributed by atoms with van der Waals surface area (Å²) in [7, 11) is 1.58. The molecule has 2 rings (SSSR count). The highest BCUT2D eigenvalue weighted by Crippen LogP contribution is 2.36. The molecular formula is C13H17FN2O2S. The zero-order valence-electron chi connectivity index (χ0n) is 10.7. The molecule has 2 amide bonds. The van der Waals surface area contributed by atoms with Crippen molar-refractivity contribution >= 4 is 17.8 Å². The largest absolute Gasteiger partial charge is 0.383 e. The zero-order valence-corrected chi connectivity index (χ0v) is 11.6. The van der Waals surface area contributed by atoms with Gasteiger partial charge in [0.15, 0.2) is 0 Å². The molecule has 0 fully saturated rings. The van der Waals surface area contributed by atoms with Gasteiger partial charge < -0.3 is 15.4 Å². The average Bonchev–Trinajstić information content (AvgIpc) is 2.40. The first-order chi connectivity index (χ1) is 9.20. The molecule has 0 saturated carbocycles. The second kappa shape index (κ2) is 6.77. The molecule has 2 N–H and O–H groups in total. The Balaban J connectivity index is 1.99. The second-order valence-electron chi connectivity index (χ2n) is 4.26. The van der Waals surface area contributed by atoms with Crippen LogP contribution in [0.3, 0.4) is 0 Å². The number of methoxy groups -OCH3 is 1. The van der Waals surface area contributed by atoms with Crippen molar-refractivity contribution in [1.82, 2.24) is 10.6 Å². The summed E-state index contributed by atoms with van der Waals surface area (Å²) in [6.45, 7) is 0.930. The van der Waals surface area contributed by atoms with E-state index in [-0.39, 0.29) is 17.9 Å². The van der Waals surface area contributed by atoms with Crippen LogP contribution in [0, 0.1) is 5.82 Å². The quantitative estimate of drug-likeness (QED) is 0.834. The SMILES string of the molecule is COCCNC(=O)NC1CCSc2ccc(F)cc21. The Morgan fingerprint density at radius 3 is 3.21 bits per heavy atom. The van der Waals surface area contributed by atoms with Gasteiger partial charge in [-0.25, -0.2) is 9.18 Å². The molecule has 6 heteroatoms. The van der Waals surface area contributed by atoms with Crippen molar-refractivity contribution in [3.63, 3.8) is 0 Å². The number of benzene rings is 1. The van der Waals surface area contributed by atoms with Gasteiger partial charge in [-0.3, -0.25) is 0 Å². The fourth-order valence-electron chi connectivity index (χ4n) is 1.99. The number of fused-ring (bicyclic) bond motifs is 1. The summed E-state index contributed by atoms with van der Waals surface area (Å²) in [6.07, 6.45) is 0.804. The number of carbonyl (C=O) groups excluding carboxylic acids is 1. The molecule has 1 aliphatic rings. The third kappa shape index (κ3) is 3.84. The van der Waals surface area contributed by atoms with Gasteiger partial charge >= 0.3 is 6.03 Å². The molecule has 0 radical (unpaired) electrons. The van der Waals surface area contributed by atoms with E-state index in [2.05, 4.69) is 10.6 Å². The van der Waals surface area contributed by atoms with Gasteiger partial charge in [0, 0.05) is 24.3 Å². The molecule has 0 spiro atoms. The summed E-state index contributed by atoms with van der Waals surface area (Å²) in [5.41, 5.74) is 0.859. The molecule has 1 atom stereocenters. The Hall–Kier alpha value is -1.27. The second-order valence-corrected chi connectivity index (χ2v) is 5.40. The van der Waals surface area contributed by atoms with E-state index in [0.717, 1.165) is 22.6 Å². The van der Waals surface area contributed by atoms with Crippen molar-refractivity contribution in [2.24, 2.45) is 0 Å². The Labute approximate surface area is 116 Å². The summed E-state index contributed by atoms with van der Waals surface area (Å²) in [6, 6.07) is 4.35. The van der Waals surface area contributed by atoms with Crippen LogP contribution in [0.1, 0.15) is 18.0 Å². The number of hydrogen-bond donors (Lipinski definition) is 2. The van der Waals surface area contributed by atoms with Gasteiger partial charge in [0.05, 0.1) is 12.6 Å². The maximum atomic E-state index is 13.3. The molecule has 104 valence electrons. The highest BCUT2D eigenvalue weighted by atomic mass is 32.2. The van der Waals surface area contributed by atoms with Gasteiger partial charge in [-0.1, -0.05) is 0 Å². The molecular weight excluding hydrogens is 267 g/mol. The Kier molecular flexibility index (Phi) is 5.04. The summed E-state index contributed by atoms with van der Waals surface area (Å²) in [5.74, 6) is 0.648. The van der Waals surface area contributed by atoms with Crippen LogP contribution in [0.5, 0.6) is 0 Å². The number of ether oxygens (including phenoxy) is 1. The summed E-state index contributed by atoms with van der Waals surface area (Å²) >= 11 is 1.69. The van der Waals surface area contributed by atoms with E-state index in [4.69, 9.17) is 4.74 Å². The first-order valence-electron chi connectivity index (χ1n) is 6.16. The highest BCUT2D eigenvalue weighted by molar-refractivity contribution is 7.99. The van der Waals surface area contributed by atoms with Crippen molar-refractivity contribution in [3.8, 4) is 0 Å². The van der Waals surface area contributed by atoms with Gasteiger partial charge in [0.2, 0.25) is 0 Å². The molecule has 4 nitrogen and oxygen atoms in total. The molecule has 1 unspecified atom stereocenters. The van der Waals surface area contributed by atoms with Gasteiger partial charge in [-0.15, -0.1) is 11.8 Å². The minimum Gasteiger partial charge on any atom is -0.383 e. The van der Waals surface area contributed by atoms with Crippen LogP contribution < -0.4 is 10.6 Å². The van der Waals surface area contributed by atoms with Gasteiger partial charge in [0.25, 0.3) is 0 Å². The molecule has 1 aliphatic heterocycles. The fourth-order valence-corrected chi connectivity index (χ4v) is 3.10. The predicted octanol–water partition coefficient (Wildman–Crippen LogP) is 2.31. The zero-order chi connectivity index (χ0) is 13.7. The molecule has 0 aromatic heterocycles. The van der Waals surface area contributed by atoms with Crippen LogP contribution in [0.2, 0.25) is 0 Å². The van der Waals surface area contributed by atoms with Crippen molar-refractivity contribution in [2.45, 2.75) is 17.4 Å². The maximum absolute atomic E-state index is 13.3. The third-order valence-electron chi connectivity index (χ3n) is 2.91. The standard InChI is InChI=1S/C13H17FN2O2S/c1-18-6-5-15-13(17)16-11-4-7-19-12-3-2-9(14)8-10(11)12/h2-3,8,11H,4-7H2,1H3,(H2,15,16,17). The number of thioether (sulfide) groups is 1. The average molecular weight is 284 g/mol. The van der Waals surface area contributed by atoms with Gasteiger partial charge in [-0.2, -0.15) is 0 Å². The van der Waals surface area contributed by atoms with E-state index in [1.54, 1.807) is 24.9 Å². The maximum Gasteiger partial charge on any atom is 0.315 e. The first-order valence-corrected chi connectivity index (χ1v) is 7.15. The fraction of sp³-hybridized carbons (Fsp3) is 0.462. The van der Waals surface area contributed by atoms with Crippen molar-refractivity contribution in [3.05, 3.63) is 29.6 Å². The number of amides is 2. The van der Waals surface area contributed by atoms with Crippen LogP contribution >= 0.6 is 11.8 Å². The Bertz CT molecular complexity index is 456. The van der Waals surface area contributed by atoms with Crippen LogP contribution in [0.25, 0.3) is 0 Å². The topological polar surface area (TPSA) is 50.4 Å². The van der Waals surface area contributed by atoms with E-state index in [9.17, 15) is 9.18 Å². The lowest BCUT2D eigenvalue weighted by atomic mass is 10.0. The number of urea groups is 1. The summed E-state index contributed by atoms with van der Waals surface area (Å²) in [4.78, 5) is 12.7. The first kappa shape index (κ1) is 14.1. The summed E-state index contributed by atoms with van der Waals surface area (Å²) < 4.78 is 18.2. The van der Waals surface area contributed by atoms with E-state index < -0.39 is 0 Å². The smallest absolute Gasteiger partial charge is 0.315 e. The lowest BCUT2D eigenvalue weighted by molar-refractivity contribution is 0.195. The van der Waals surface area contributed by atoms with E-state index in [0.29, 0.717) is 13.2 Å². The van der Waals surface area contributed by atoms with Crippen LogP contribution in [-0.2, 0) is 4.74 Å². The Morgan fingerprint density at radius 2 is 2.42 bits per heavy atom. The van der Waals surface area contributed by atoms with Gasteiger partial charge in [-0.05, 0) is 30.2 Å². The minimum atomic E-state index is -0.271. The van der Waals surface area contributed by atoms with Crippen molar-refractivity contribution in [2.75, 3.05) is 26.0 Å². The number of rotatable bonds is 4. The highest BCUT2D eigenvalue weighted by Gasteiger charge is 2.22. The molecule has 1 aromatic rings. The molecule has 0 aliphatic carbocycles. The molecule has 1 aromatic carbocycles.